The van der Waals surface area contributed by atoms with Crippen molar-refractivity contribution in [2.45, 2.75) is 18.5 Å². The quantitative estimate of drug-likeness (QED) is 0.744. The number of benzene rings is 2. The second-order valence-corrected chi connectivity index (χ2v) is 6.26. The van der Waals surface area contributed by atoms with E-state index in [1.54, 1.807) is 20.3 Å². The van der Waals surface area contributed by atoms with E-state index in [9.17, 15) is 9.18 Å². The Bertz CT molecular complexity index is 818. The summed E-state index contributed by atoms with van der Waals surface area (Å²) in [4.78, 5) is 12.5. The summed E-state index contributed by atoms with van der Waals surface area (Å²) in [5, 5.41) is 2.92. The molecule has 26 heavy (non-hydrogen) atoms. The highest BCUT2D eigenvalue weighted by atomic mass is 35.5. The van der Waals surface area contributed by atoms with E-state index in [0.717, 1.165) is 5.56 Å². The van der Waals surface area contributed by atoms with Gasteiger partial charge in [0.1, 0.15) is 23.4 Å². The minimum Gasteiger partial charge on any atom is -0.497 e. The average Bonchev–Trinajstić information content (AvgIpc) is 3.14. The van der Waals surface area contributed by atoms with E-state index in [1.165, 1.54) is 18.2 Å². The third kappa shape index (κ3) is 3.90. The summed E-state index contributed by atoms with van der Waals surface area (Å²) in [7, 11) is 3.17. The zero-order valence-electron chi connectivity index (χ0n) is 14.3. The second-order valence-electron chi connectivity index (χ2n) is 5.85. The van der Waals surface area contributed by atoms with Gasteiger partial charge in [0.2, 0.25) is 5.91 Å². The zero-order chi connectivity index (χ0) is 18.7. The fraction of sp³-hybridized carbons (Fsp3) is 0.278. The molecule has 6 nitrogen and oxygen atoms in total. The van der Waals surface area contributed by atoms with Gasteiger partial charge in [0, 0.05) is 11.6 Å². The fourth-order valence-electron chi connectivity index (χ4n) is 2.85. The molecule has 3 N–H and O–H groups in total. The summed E-state index contributed by atoms with van der Waals surface area (Å²) in [5.41, 5.74) is 7.19. The maximum Gasteiger partial charge on any atom is 0.242 e. The molecule has 0 radical (unpaired) electrons. The van der Waals surface area contributed by atoms with Gasteiger partial charge in [-0.3, -0.25) is 4.79 Å². The first-order chi connectivity index (χ1) is 12.5. The molecule has 1 amide bonds. The van der Waals surface area contributed by atoms with Crippen molar-refractivity contribution in [1.82, 2.24) is 10.9 Å². The highest BCUT2D eigenvalue weighted by molar-refractivity contribution is 6.33. The Morgan fingerprint density at radius 2 is 2.00 bits per heavy atom. The number of amides is 1. The number of methoxy groups -OCH3 is 2. The van der Waals surface area contributed by atoms with Crippen LogP contribution in [0.4, 0.5) is 10.1 Å². The van der Waals surface area contributed by atoms with Gasteiger partial charge in [0.25, 0.3) is 0 Å². The van der Waals surface area contributed by atoms with Crippen molar-refractivity contribution in [3.63, 3.8) is 0 Å². The lowest BCUT2D eigenvalue weighted by Gasteiger charge is -2.15. The number of hydrogen-bond donors (Lipinski definition) is 3. The average molecular weight is 380 g/mol. The third-order valence-corrected chi connectivity index (χ3v) is 4.55. The maximum atomic E-state index is 13.3. The largest absolute Gasteiger partial charge is 0.497 e. The van der Waals surface area contributed by atoms with E-state index in [0.29, 0.717) is 17.9 Å². The summed E-state index contributed by atoms with van der Waals surface area (Å²) in [6.07, 6.45) is 0.488. The number of nitrogens with one attached hydrogen (secondary N) is 3. The molecule has 3 rings (SSSR count). The predicted molar refractivity (Wildman–Crippen MR) is 97.0 cm³/mol. The van der Waals surface area contributed by atoms with Gasteiger partial charge in [-0.05, 0) is 30.7 Å². The van der Waals surface area contributed by atoms with E-state index >= 15 is 0 Å². The Labute approximate surface area is 155 Å². The summed E-state index contributed by atoms with van der Waals surface area (Å²) < 4.78 is 24.0. The van der Waals surface area contributed by atoms with Crippen molar-refractivity contribution in [2.24, 2.45) is 0 Å². The van der Waals surface area contributed by atoms with Crippen LogP contribution in [0.1, 0.15) is 18.0 Å². The predicted octanol–water partition coefficient (Wildman–Crippen LogP) is 3.04. The lowest BCUT2D eigenvalue weighted by molar-refractivity contribution is -0.117. The van der Waals surface area contributed by atoms with Gasteiger partial charge >= 0.3 is 0 Å². The van der Waals surface area contributed by atoms with Crippen LogP contribution in [-0.2, 0) is 4.79 Å². The van der Waals surface area contributed by atoms with Crippen LogP contribution in [0.2, 0.25) is 5.02 Å². The van der Waals surface area contributed by atoms with Gasteiger partial charge in [-0.1, -0.05) is 17.7 Å². The molecular weight excluding hydrogens is 361 g/mol. The van der Waals surface area contributed by atoms with E-state index in [2.05, 4.69) is 16.2 Å². The Hall–Kier alpha value is -2.35. The molecule has 2 aromatic carbocycles. The van der Waals surface area contributed by atoms with Crippen LogP contribution in [0.25, 0.3) is 0 Å². The number of ether oxygens (including phenoxy) is 2. The second kappa shape index (κ2) is 7.90. The Morgan fingerprint density at radius 3 is 2.73 bits per heavy atom. The van der Waals surface area contributed by atoms with Gasteiger partial charge in [0.15, 0.2) is 0 Å². The van der Waals surface area contributed by atoms with Crippen molar-refractivity contribution in [3.8, 4) is 11.5 Å². The molecule has 2 unspecified atom stereocenters. The molecule has 0 bridgehead atoms. The first-order valence-corrected chi connectivity index (χ1v) is 8.38. The molecule has 0 saturated carbocycles. The molecule has 1 heterocycles. The first kappa shape index (κ1) is 18.4. The summed E-state index contributed by atoms with van der Waals surface area (Å²) in [5.74, 6) is 0.576. The van der Waals surface area contributed by atoms with Crippen molar-refractivity contribution in [3.05, 3.63) is 52.8 Å². The summed E-state index contributed by atoms with van der Waals surface area (Å²) in [6, 6.07) is 8.70. The summed E-state index contributed by atoms with van der Waals surface area (Å²) >= 11 is 5.99. The van der Waals surface area contributed by atoms with Crippen LogP contribution in [0.15, 0.2) is 36.4 Å². The SMILES string of the molecule is COc1ccc(C2CC(C(=O)Nc3cc(F)ccc3Cl)NN2)c(OC)c1. The number of carbonyl (C=O) groups is 1. The highest BCUT2D eigenvalue weighted by Crippen LogP contribution is 2.33. The normalized spacial score (nSPS) is 19.2. The molecule has 1 aliphatic rings. The minimum absolute atomic E-state index is 0.130. The lowest BCUT2D eigenvalue weighted by atomic mass is 10.0. The van der Waals surface area contributed by atoms with Crippen LogP contribution in [0.5, 0.6) is 11.5 Å². The van der Waals surface area contributed by atoms with Crippen molar-refractivity contribution >= 4 is 23.2 Å². The van der Waals surface area contributed by atoms with Gasteiger partial charge in [-0.15, -0.1) is 0 Å². The molecule has 0 aromatic heterocycles. The van der Waals surface area contributed by atoms with Crippen molar-refractivity contribution in [1.29, 1.82) is 0 Å². The smallest absolute Gasteiger partial charge is 0.242 e. The minimum atomic E-state index is -0.508. The van der Waals surface area contributed by atoms with Crippen LogP contribution >= 0.6 is 11.6 Å². The lowest BCUT2D eigenvalue weighted by Crippen LogP contribution is -2.39. The van der Waals surface area contributed by atoms with E-state index < -0.39 is 11.9 Å². The van der Waals surface area contributed by atoms with Crippen LogP contribution in [0, 0.1) is 5.82 Å². The Kier molecular flexibility index (Phi) is 5.61. The van der Waals surface area contributed by atoms with Gasteiger partial charge in [0.05, 0.1) is 31.0 Å². The van der Waals surface area contributed by atoms with Crippen LogP contribution in [0.3, 0.4) is 0 Å². The van der Waals surface area contributed by atoms with E-state index in [-0.39, 0.29) is 22.7 Å². The Morgan fingerprint density at radius 1 is 1.19 bits per heavy atom. The number of hydrogen-bond acceptors (Lipinski definition) is 5. The van der Waals surface area contributed by atoms with Gasteiger partial charge in [-0.2, -0.15) is 0 Å². The molecule has 8 heteroatoms. The van der Waals surface area contributed by atoms with Crippen molar-refractivity contribution < 1.29 is 18.7 Å². The maximum absolute atomic E-state index is 13.3. The molecule has 0 aliphatic carbocycles. The Balaban J connectivity index is 1.70. The molecule has 1 fully saturated rings. The highest BCUT2D eigenvalue weighted by Gasteiger charge is 2.32. The molecule has 2 aromatic rings. The molecular formula is C18H19ClFN3O3. The molecule has 2 atom stereocenters. The number of hydrazine groups is 1. The molecule has 138 valence electrons. The number of carbonyl (C=O) groups excluding carboxylic acids is 1. The molecule has 0 spiro atoms. The van der Waals surface area contributed by atoms with Crippen LogP contribution < -0.4 is 25.6 Å². The van der Waals surface area contributed by atoms with Crippen LogP contribution in [-0.4, -0.2) is 26.2 Å². The fourth-order valence-corrected chi connectivity index (χ4v) is 3.02. The van der Waals surface area contributed by atoms with Gasteiger partial charge in [-0.25, -0.2) is 15.2 Å². The molecule has 1 aliphatic heterocycles. The first-order valence-electron chi connectivity index (χ1n) is 8.00. The van der Waals surface area contributed by atoms with Crippen molar-refractivity contribution in [2.75, 3.05) is 19.5 Å². The topological polar surface area (TPSA) is 71.6 Å². The number of anilines is 1. The standard InChI is InChI=1S/C18H19ClFN3O3/c1-25-11-4-5-12(17(8-11)26-2)14-9-16(23-22-14)18(24)21-15-7-10(20)3-6-13(15)19/h3-8,14,16,22-23H,9H2,1-2H3,(H,21,24). The third-order valence-electron chi connectivity index (χ3n) is 4.22. The van der Waals surface area contributed by atoms with E-state index in [4.69, 9.17) is 21.1 Å². The number of halogens is 2. The number of rotatable bonds is 5. The van der Waals surface area contributed by atoms with Gasteiger partial charge < -0.3 is 14.8 Å². The molecule has 1 saturated heterocycles. The van der Waals surface area contributed by atoms with E-state index in [1.807, 2.05) is 12.1 Å². The summed E-state index contributed by atoms with van der Waals surface area (Å²) in [6.45, 7) is 0. The zero-order valence-corrected chi connectivity index (χ0v) is 15.1. The monoisotopic (exact) mass is 379 g/mol.